The van der Waals surface area contributed by atoms with Gasteiger partial charge in [-0.2, -0.15) is 5.26 Å². The molecule has 1 N–H and O–H groups in total. The first-order valence-corrected chi connectivity index (χ1v) is 7.02. The molecule has 0 aromatic heterocycles. The fraction of sp³-hybridized carbons (Fsp3) is 0.250. The lowest BCUT2D eigenvalue weighted by Gasteiger charge is -2.26. The highest BCUT2D eigenvalue weighted by Crippen LogP contribution is 2.42. The summed E-state index contributed by atoms with van der Waals surface area (Å²) in [5, 5.41) is 19.6. The van der Waals surface area contributed by atoms with Crippen molar-refractivity contribution < 1.29 is 19.4 Å². The molecule has 0 fully saturated rings. The minimum Gasteiger partial charge on any atom is -0.480 e. The number of esters is 1. The van der Waals surface area contributed by atoms with Crippen molar-refractivity contribution in [3.8, 4) is 6.07 Å². The molecule has 0 unspecified atom stereocenters. The topological polar surface area (TPSA) is 79.6 Å². The predicted molar refractivity (Wildman–Crippen MR) is 79.9 cm³/mol. The molecule has 1 atom stereocenters. The van der Waals surface area contributed by atoms with Crippen molar-refractivity contribution in [2.24, 2.45) is 0 Å². The maximum Gasteiger partial charge on any atom is 0.338 e. The average Bonchev–Trinajstić information content (AvgIpc) is 2.47. The summed E-state index contributed by atoms with van der Waals surface area (Å²) >= 11 is 6.19. The van der Waals surface area contributed by atoms with E-state index in [4.69, 9.17) is 21.1 Å². The predicted octanol–water partition coefficient (Wildman–Crippen LogP) is 3.58. The number of nitriles is 1. The Hall–Kier alpha value is -2.45. The Bertz CT molecular complexity index is 715. The van der Waals surface area contributed by atoms with Gasteiger partial charge in [-0.3, -0.25) is 0 Å². The Labute approximate surface area is 133 Å². The molecule has 0 saturated heterocycles. The van der Waals surface area contributed by atoms with Gasteiger partial charge in [-0.25, -0.2) is 4.79 Å². The summed E-state index contributed by atoms with van der Waals surface area (Å²) in [6.07, 6.45) is 0. The summed E-state index contributed by atoms with van der Waals surface area (Å²) < 4.78 is 10.1. The van der Waals surface area contributed by atoms with Gasteiger partial charge in [-0.05, 0) is 25.5 Å². The number of hydrogen-bond acceptors (Lipinski definition) is 5. The van der Waals surface area contributed by atoms with Crippen molar-refractivity contribution in [2.45, 2.75) is 19.8 Å². The summed E-state index contributed by atoms with van der Waals surface area (Å²) in [7, 11) is 0. The summed E-state index contributed by atoms with van der Waals surface area (Å²) in [5.41, 5.74) is 0.601. The van der Waals surface area contributed by atoms with Gasteiger partial charge in [0.05, 0.1) is 18.1 Å². The van der Waals surface area contributed by atoms with Crippen LogP contribution in [0.4, 0.5) is 0 Å². The van der Waals surface area contributed by atoms with Crippen LogP contribution < -0.4 is 0 Å². The molecule has 0 bridgehead atoms. The minimum absolute atomic E-state index is 0.0817. The van der Waals surface area contributed by atoms with E-state index < -0.39 is 17.8 Å². The number of rotatable bonds is 3. The molecule has 0 aliphatic carbocycles. The molecule has 0 saturated carbocycles. The Balaban J connectivity index is 2.65. The maximum absolute atomic E-state index is 12.3. The Morgan fingerprint density at radius 3 is 2.77 bits per heavy atom. The number of halogens is 1. The van der Waals surface area contributed by atoms with E-state index in [1.807, 2.05) is 6.07 Å². The van der Waals surface area contributed by atoms with Crippen LogP contribution in [0.1, 0.15) is 25.3 Å². The molecule has 1 heterocycles. The fourth-order valence-corrected chi connectivity index (χ4v) is 2.57. The van der Waals surface area contributed by atoms with Gasteiger partial charge in [0.1, 0.15) is 17.4 Å². The van der Waals surface area contributed by atoms with E-state index >= 15 is 0 Å². The van der Waals surface area contributed by atoms with Crippen LogP contribution in [0.5, 0.6) is 0 Å². The first kappa shape index (κ1) is 15.9. The average molecular weight is 320 g/mol. The lowest BCUT2D eigenvalue weighted by molar-refractivity contribution is -0.139. The number of nitrogens with zero attached hydrogens (tertiary/aromatic N) is 1. The van der Waals surface area contributed by atoms with Gasteiger partial charge >= 0.3 is 5.97 Å². The van der Waals surface area contributed by atoms with Crippen LogP contribution in [0.15, 0.2) is 47.1 Å². The van der Waals surface area contributed by atoms with Crippen molar-refractivity contribution in [3.05, 3.63) is 57.7 Å². The summed E-state index contributed by atoms with van der Waals surface area (Å²) in [6.45, 7) is 3.39. The van der Waals surface area contributed by atoms with E-state index in [-0.39, 0.29) is 23.5 Å². The van der Waals surface area contributed by atoms with E-state index in [2.05, 4.69) is 0 Å². The van der Waals surface area contributed by atoms with Gasteiger partial charge < -0.3 is 14.6 Å². The monoisotopic (exact) mass is 319 g/mol. The second-order valence-electron chi connectivity index (χ2n) is 4.58. The molecule has 1 aromatic carbocycles. The van der Waals surface area contributed by atoms with Gasteiger partial charge in [0.25, 0.3) is 5.95 Å². The quantitative estimate of drug-likeness (QED) is 0.861. The zero-order valence-electron chi connectivity index (χ0n) is 12.1. The number of benzene rings is 1. The number of aliphatic hydroxyl groups is 1. The van der Waals surface area contributed by atoms with Crippen molar-refractivity contribution in [3.63, 3.8) is 0 Å². The molecule has 5 nitrogen and oxygen atoms in total. The van der Waals surface area contributed by atoms with E-state index in [0.29, 0.717) is 10.6 Å². The lowest BCUT2D eigenvalue weighted by atomic mass is 9.83. The first-order chi connectivity index (χ1) is 10.5. The first-order valence-electron chi connectivity index (χ1n) is 6.64. The van der Waals surface area contributed by atoms with Crippen LogP contribution >= 0.6 is 11.6 Å². The van der Waals surface area contributed by atoms with E-state index in [9.17, 15) is 15.2 Å². The van der Waals surface area contributed by atoms with Crippen molar-refractivity contribution in [2.75, 3.05) is 6.61 Å². The smallest absolute Gasteiger partial charge is 0.338 e. The van der Waals surface area contributed by atoms with Crippen LogP contribution in [-0.4, -0.2) is 17.7 Å². The van der Waals surface area contributed by atoms with Crippen LogP contribution in [0.3, 0.4) is 0 Å². The van der Waals surface area contributed by atoms with Crippen LogP contribution in [0, 0.1) is 11.3 Å². The number of carbonyl (C=O) groups excluding carboxylic acids is 1. The third kappa shape index (κ3) is 2.78. The maximum atomic E-state index is 12.3. The minimum atomic E-state index is -0.827. The molecule has 0 spiro atoms. The van der Waals surface area contributed by atoms with Crippen molar-refractivity contribution in [1.82, 2.24) is 0 Å². The number of carbonyl (C=O) groups is 1. The summed E-state index contributed by atoms with van der Waals surface area (Å²) in [4.78, 5) is 12.3. The second kappa shape index (κ2) is 6.54. The molecule has 0 radical (unpaired) electrons. The van der Waals surface area contributed by atoms with Crippen LogP contribution in [-0.2, 0) is 14.3 Å². The molecule has 2 rings (SSSR count). The van der Waals surface area contributed by atoms with Gasteiger partial charge in [0.15, 0.2) is 0 Å². The highest BCUT2D eigenvalue weighted by Gasteiger charge is 2.37. The highest BCUT2D eigenvalue weighted by molar-refractivity contribution is 6.31. The summed E-state index contributed by atoms with van der Waals surface area (Å²) in [6, 6.07) is 8.69. The standard InChI is InChI=1S/C16H14ClNO4/c1-3-21-16(20)13-9(2)22-15(19)11(8-18)14(13)10-6-4-5-7-12(10)17/h4-7,14,19H,3H2,1-2H3/t14-/m1/s1. The number of hydrogen-bond donors (Lipinski definition) is 1. The lowest BCUT2D eigenvalue weighted by Crippen LogP contribution is -2.23. The Morgan fingerprint density at radius 2 is 2.18 bits per heavy atom. The van der Waals surface area contributed by atoms with Crippen molar-refractivity contribution in [1.29, 1.82) is 5.26 Å². The molecule has 114 valence electrons. The Kier molecular flexibility index (Phi) is 4.74. The van der Waals surface area contributed by atoms with Gasteiger partial charge in [-0.1, -0.05) is 29.8 Å². The van der Waals surface area contributed by atoms with Crippen LogP contribution in [0.25, 0.3) is 0 Å². The van der Waals surface area contributed by atoms with E-state index in [1.54, 1.807) is 31.2 Å². The molecule has 1 aliphatic rings. The molecule has 1 aliphatic heterocycles. The van der Waals surface area contributed by atoms with E-state index in [1.165, 1.54) is 6.92 Å². The van der Waals surface area contributed by atoms with Gasteiger partial charge in [0.2, 0.25) is 0 Å². The largest absolute Gasteiger partial charge is 0.480 e. The third-order valence-corrected chi connectivity index (χ3v) is 3.61. The Morgan fingerprint density at radius 1 is 1.50 bits per heavy atom. The molecule has 0 amide bonds. The van der Waals surface area contributed by atoms with Gasteiger partial charge in [-0.15, -0.1) is 0 Å². The molecular weight excluding hydrogens is 306 g/mol. The highest BCUT2D eigenvalue weighted by atomic mass is 35.5. The number of allylic oxidation sites excluding steroid dienone is 2. The zero-order chi connectivity index (χ0) is 16.3. The van der Waals surface area contributed by atoms with Gasteiger partial charge in [0, 0.05) is 5.02 Å². The molecule has 1 aromatic rings. The summed E-state index contributed by atoms with van der Waals surface area (Å²) in [5.74, 6) is -1.78. The molecule has 6 heteroatoms. The number of ether oxygens (including phenoxy) is 2. The SMILES string of the molecule is CCOC(=O)C1=C(C)OC(O)=C(C#N)[C@H]1c1ccccc1Cl. The molecule has 22 heavy (non-hydrogen) atoms. The normalized spacial score (nSPS) is 17.8. The number of aliphatic hydroxyl groups excluding tert-OH is 1. The second-order valence-corrected chi connectivity index (χ2v) is 4.98. The fourth-order valence-electron chi connectivity index (χ4n) is 2.33. The van der Waals surface area contributed by atoms with E-state index in [0.717, 1.165) is 0 Å². The zero-order valence-corrected chi connectivity index (χ0v) is 12.8. The third-order valence-electron chi connectivity index (χ3n) is 3.27. The van der Waals surface area contributed by atoms with Crippen molar-refractivity contribution >= 4 is 17.6 Å². The van der Waals surface area contributed by atoms with Crippen LogP contribution in [0.2, 0.25) is 5.02 Å². The molecular formula is C16H14ClNO4.